The molecule has 0 saturated heterocycles. The Kier molecular flexibility index (Phi) is 0.712. The Balaban J connectivity index is 3.28. The molecule has 1 aromatic rings. The van der Waals surface area contributed by atoms with Crippen LogP contribution in [0.3, 0.4) is 0 Å². The highest BCUT2D eigenvalue weighted by molar-refractivity contribution is 5.37. The molecule has 0 bridgehead atoms. The van der Waals surface area contributed by atoms with Gasteiger partial charge in [-0.15, -0.1) is 0 Å². The van der Waals surface area contributed by atoms with Crippen molar-refractivity contribution in [2.75, 3.05) is 5.73 Å². The van der Waals surface area contributed by atoms with Crippen molar-refractivity contribution >= 4 is 5.69 Å². The zero-order valence-corrected chi connectivity index (χ0v) is 5.26. The minimum absolute atomic E-state index is 0.195. The number of nitrogen functional groups attached to an aromatic ring is 1. The van der Waals surface area contributed by atoms with Gasteiger partial charge in [-0.2, -0.15) is 0 Å². The first-order valence-corrected chi connectivity index (χ1v) is 2.72. The molecule has 0 aliphatic rings. The van der Waals surface area contributed by atoms with Crippen LogP contribution in [0.5, 0.6) is 0 Å². The third-order valence-electron chi connectivity index (χ3n) is 0.975. The van der Waals surface area contributed by atoms with Gasteiger partial charge in [0.15, 0.2) is 0 Å². The summed E-state index contributed by atoms with van der Waals surface area (Å²) in [5.41, 5.74) is 5.30. The van der Waals surface area contributed by atoms with Crippen LogP contribution >= 0.6 is 0 Å². The third-order valence-corrected chi connectivity index (χ3v) is 0.975. The molecule has 0 aromatic carbocycles. The molecule has 1 heterocycles. The summed E-state index contributed by atoms with van der Waals surface area (Å²) in [5, 5.41) is 0. The van der Waals surface area contributed by atoms with E-state index in [1.54, 1.807) is 0 Å². The minimum Gasteiger partial charge on any atom is -0.399 e. The fraction of sp³-hybridized carbons (Fsp3) is 0.375. The Morgan fingerprint density at radius 2 is 2.80 bits per heavy atom. The lowest BCUT2D eigenvalue weighted by Gasteiger charge is -1.96. The number of anilines is 1. The van der Waals surface area contributed by atoms with Crippen LogP contribution in [0.1, 0.15) is 28.5 Å². The summed E-state index contributed by atoms with van der Waals surface area (Å²) in [6.45, 7) is -3.09. The zero-order valence-electron chi connectivity index (χ0n) is 12.3. The fourth-order valence-corrected chi connectivity index (χ4v) is 0.579. The molecule has 0 radical (unpaired) electrons. The number of rotatable bonds is 2. The van der Waals surface area contributed by atoms with E-state index in [2.05, 4.69) is 4.98 Å². The zero-order chi connectivity index (χ0) is 13.5. The molecule has 0 amide bonds. The molecule has 0 saturated carbocycles. The van der Waals surface area contributed by atoms with E-state index in [9.17, 15) is 0 Å². The quantitative estimate of drug-likeness (QED) is 0.683. The average Bonchev–Trinajstić information content (AvgIpc) is 2.15. The van der Waals surface area contributed by atoms with E-state index in [1.165, 1.54) is 12.3 Å². The number of pyridine rings is 1. The fourth-order valence-electron chi connectivity index (χ4n) is 0.579. The molecule has 54 valence electrons. The molecule has 2 heteroatoms. The Bertz CT molecular complexity index is 413. The molecule has 10 heavy (non-hydrogen) atoms. The number of hydrogen-bond donors (Lipinski definition) is 1. The summed E-state index contributed by atoms with van der Waals surface area (Å²) in [6.07, 6.45) is -4.60. The number of hydrogen-bond acceptors (Lipinski definition) is 2. The SMILES string of the molecule is [2H]C([2H])([2H])C([2H])([2H])C([2H])([2H])c1cc(N)ccn1. The molecule has 0 aliphatic heterocycles. The molecule has 1 aromatic heterocycles. The van der Waals surface area contributed by atoms with Crippen molar-refractivity contribution < 1.29 is 9.60 Å². The van der Waals surface area contributed by atoms with Gasteiger partial charge in [-0.3, -0.25) is 4.98 Å². The molecular weight excluding hydrogens is 124 g/mol. The Labute approximate surface area is 70.9 Å². The van der Waals surface area contributed by atoms with E-state index in [0.717, 1.165) is 6.07 Å². The van der Waals surface area contributed by atoms with E-state index in [1.807, 2.05) is 0 Å². The lowest BCUT2D eigenvalue weighted by atomic mass is 10.2. The maximum absolute atomic E-state index is 7.64. The maximum Gasteiger partial charge on any atom is 0.0423 e. The van der Waals surface area contributed by atoms with Crippen molar-refractivity contribution in [3.63, 3.8) is 0 Å². The first-order chi connectivity index (χ1) is 7.50. The smallest absolute Gasteiger partial charge is 0.0423 e. The Hall–Kier alpha value is -1.05. The molecule has 1 rings (SSSR count). The van der Waals surface area contributed by atoms with Crippen LogP contribution in [-0.2, 0) is 6.37 Å². The van der Waals surface area contributed by atoms with Crippen LogP contribution in [0.2, 0.25) is 0 Å². The standard InChI is InChI=1S/C8H12N2/c1-2-3-8-6-7(9)4-5-10-8/h4-6H,2-3H2,1H3,(H2,9,10)/i1D3,2D2,3D2. The highest BCUT2D eigenvalue weighted by Gasteiger charge is 1.90. The summed E-state index contributed by atoms with van der Waals surface area (Å²) < 4.78 is 51.3. The van der Waals surface area contributed by atoms with Crippen LogP contribution in [-0.4, -0.2) is 4.98 Å². The van der Waals surface area contributed by atoms with Gasteiger partial charge >= 0.3 is 0 Å². The van der Waals surface area contributed by atoms with E-state index in [0.29, 0.717) is 0 Å². The van der Waals surface area contributed by atoms with Crippen LogP contribution in [0.4, 0.5) is 5.69 Å². The largest absolute Gasteiger partial charge is 0.399 e. The molecule has 0 unspecified atom stereocenters. The first-order valence-electron chi connectivity index (χ1n) is 6.22. The van der Waals surface area contributed by atoms with Crippen LogP contribution in [0.15, 0.2) is 18.3 Å². The normalized spacial score (nSPS) is 24.2. The molecule has 2 N–H and O–H groups in total. The van der Waals surface area contributed by atoms with Gasteiger partial charge in [-0.1, -0.05) is 13.2 Å². The lowest BCUT2D eigenvalue weighted by molar-refractivity contribution is 0.883. The van der Waals surface area contributed by atoms with Crippen molar-refractivity contribution in [1.29, 1.82) is 0 Å². The highest BCUT2D eigenvalue weighted by Crippen LogP contribution is 2.04. The van der Waals surface area contributed by atoms with Gasteiger partial charge in [0.1, 0.15) is 0 Å². The Morgan fingerprint density at radius 3 is 3.50 bits per heavy atom. The Morgan fingerprint density at radius 1 is 1.90 bits per heavy atom. The van der Waals surface area contributed by atoms with Gasteiger partial charge in [-0.05, 0) is 18.5 Å². The van der Waals surface area contributed by atoms with E-state index in [4.69, 9.17) is 15.3 Å². The summed E-state index contributed by atoms with van der Waals surface area (Å²) in [6, 6.07) is 2.54. The summed E-state index contributed by atoms with van der Waals surface area (Å²) in [5.74, 6) is 0. The van der Waals surface area contributed by atoms with Gasteiger partial charge in [0, 0.05) is 27.2 Å². The van der Waals surface area contributed by atoms with Crippen LogP contribution in [0.25, 0.3) is 0 Å². The maximum atomic E-state index is 7.64. The summed E-state index contributed by atoms with van der Waals surface area (Å²) >= 11 is 0. The number of aryl methyl sites for hydroxylation is 1. The van der Waals surface area contributed by atoms with Crippen LogP contribution < -0.4 is 5.73 Å². The van der Waals surface area contributed by atoms with E-state index in [-0.39, 0.29) is 11.4 Å². The second-order valence-electron chi connectivity index (χ2n) is 1.72. The van der Waals surface area contributed by atoms with Crippen molar-refractivity contribution in [1.82, 2.24) is 4.98 Å². The number of nitrogens with zero attached hydrogens (tertiary/aromatic N) is 1. The van der Waals surface area contributed by atoms with Crippen molar-refractivity contribution in [2.45, 2.75) is 19.6 Å². The van der Waals surface area contributed by atoms with Crippen molar-refractivity contribution in [3.05, 3.63) is 24.0 Å². The molecular formula is C8H12N2. The monoisotopic (exact) mass is 143 g/mol. The van der Waals surface area contributed by atoms with Gasteiger partial charge < -0.3 is 5.73 Å². The highest BCUT2D eigenvalue weighted by atomic mass is 14.7. The minimum atomic E-state index is -3.09. The predicted octanol–water partition coefficient (Wildman–Crippen LogP) is 1.62. The van der Waals surface area contributed by atoms with Gasteiger partial charge in [-0.25, -0.2) is 0 Å². The predicted molar refractivity (Wildman–Crippen MR) is 42.6 cm³/mol. The molecule has 0 spiro atoms. The number of nitrogens with two attached hydrogens (primary N) is 1. The van der Waals surface area contributed by atoms with E-state index < -0.39 is 19.6 Å². The average molecular weight is 143 g/mol. The third kappa shape index (κ3) is 1.72. The second-order valence-corrected chi connectivity index (χ2v) is 1.72. The number of aromatic nitrogens is 1. The van der Waals surface area contributed by atoms with Crippen LogP contribution in [0, 0.1) is 0 Å². The summed E-state index contributed by atoms with van der Waals surface area (Å²) in [7, 11) is 0. The second kappa shape index (κ2) is 3.20. The lowest BCUT2D eigenvalue weighted by Crippen LogP contribution is -1.91. The van der Waals surface area contributed by atoms with Crippen molar-refractivity contribution in [2.24, 2.45) is 0 Å². The molecule has 0 atom stereocenters. The first kappa shape index (κ1) is 2.22. The summed E-state index contributed by atoms with van der Waals surface area (Å²) in [4.78, 5) is 3.65. The van der Waals surface area contributed by atoms with Gasteiger partial charge in [0.25, 0.3) is 0 Å². The molecule has 0 aliphatic carbocycles. The van der Waals surface area contributed by atoms with Crippen molar-refractivity contribution in [3.8, 4) is 0 Å². The molecule has 0 fully saturated rings. The van der Waals surface area contributed by atoms with Gasteiger partial charge in [0.05, 0.1) is 0 Å². The molecule has 2 nitrogen and oxygen atoms in total. The van der Waals surface area contributed by atoms with E-state index >= 15 is 0 Å². The van der Waals surface area contributed by atoms with Gasteiger partial charge in [0.2, 0.25) is 0 Å². The topological polar surface area (TPSA) is 38.9 Å².